The van der Waals surface area contributed by atoms with Crippen LogP contribution in [0, 0.1) is 0 Å². The van der Waals surface area contributed by atoms with E-state index in [1.807, 2.05) is 31.3 Å². The number of nitrogens with zero attached hydrogens (tertiary/aromatic N) is 2. The molecule has 1 aliphatic heterocycles. The lowest BCUT2D eigenvalue weighted by Crippen LogP contribution is -2.43. The summed E-state index contributed by atoms with van der Waals surface area (Å²) in [6.07, 6.45) is 0.836. The van der Waals surface area contributed by atoms with Gasteiger partial charge in [-0.15, -0.1) is 0 Å². The van der Waals surface area contributed by atoms with Gasteiger partial charge < -0.3 is 15.0 Å². The van der Waals surface area contributed by atoms with Crippen molar-refractivity contribution in [2.24, 2.45) is 0 Å². The molecule has 1 aliphatic carbocycles. The Hall–Kier alpha value is -2.99. The summed E-state index contributed by atoms with van der Waals surface area (Å²) in [5, 5.41) is 15.2. The Morgan fingerprint density at radius 1 is 1.25 bits per heavy atom. The first kappa shape index (κ1) is 17.1. The van der Waals surface area contributed by atoms with Gasteiger partial charge in [-0.25, -0.2) is 4.98 Å². The van der Waals surface area contributed by atoms with Crippen LogP contribution in [0.25, 0.3) is 22.3 Å². The van der Waals surface area contributed by atoms with Crippen molar-refractivity contribution in [2.75, 3.05) is 12.4 Å². The minimum Gasteiger partial charge on any atom is -0.388 e. The van der Waals surface area contributed by atoms with E-state index in [0.717, 1.165) is 27.8 Å². The molecular formula is C22H21N3O3. The number of nitrogens with one attached hydrogen (secondary N) is 1. The highest BCUT2D eigenvalue weighted by atomic mass is 16.3. The van der Waals surface area contributed by atoms with Crippen molar-refractivity contribution in [2.45, 2.75) is 38.3 Å². The highest BCUT2D eigenvalue weighted by Crippen LogP contribution is 2.39. The maximum atomic E-state index is 13.2. The van der Waals surface area contributed by atoms with E-state index >= 15 is 0 Å². The van der Waals surface area contributed by atoms with Crippen LogP contribution in [0.4, 0.5) is 5.69 Å². The fourth-order valence-corrected chi connectivity index (χ4v) is 4.60. The average molecular weight is 375 g/mol. The van der Waals surface area contributed by atoms with Crippen LogP contribution in [0.2, 0.25) is 0 Å². The third-order valence-corrected chi connectivity index (χ3v) is 6.20. The van der Waals surface area contributed by atoms with Gasteiger partial charge in [0.25, 0.3) is 5.56 Å². The van der Waals surface area contributed by atoms with Gasteiger partial charge in [0, 0.05) is 41.2 Å². The largest absolute Gasteiger partial charge is 0.388 e. The summed E-state index contributed by atoms with van der Waals surface area (Å²) in [5.74, 6) is -0.213. The number of pyridine rings is 2. The van der Waals surface area contributed by atoms with Crippen molar-refractivity contribution in [3.05, 3.63) is 57.4 Å². The summed E-state index contributed by atoms with van der Waals surface area (Å²) in [7, 11) is 1.87. The molecule has 6 heteroatoms. The van der Waals surface area contributed by atoms with Gasteiger partial charge in [-0.1, -0.05) is 13.0 Å². The normalized spacial score (nSPS) is 20.0. The number of Topliss-reactive ketones (excluding diaryl/α,β-unsaturated/α-hetero) is 1. The Morgan fingerprint density at radius 3 is 2.82 bits per heavy atom. The van der Waals surface area contributed by atoms with Gasteiger partial charge >= 0.3 is 0 Å². The van der Waals surface area contributed by atoms with Gasteiger partial charge in [-0.05, 0) is 37.1 Å². The van der Waals surface area contributed by atoms with Gasteiger partial charge in [-0.2, -0.15) is 0 Å². The second-order valence-electron chi connectivity index (χ2n) is 7.57. The minimum absolute atomic E-state index is 0.122. The number of anilines is 1. The van der Waals surface area contributed by atoms with Crippen LogP contribution in [-0.4, -0.2) is 27.5 Å². The van der Waals surface area contributed by atoms with Crippen molar-refractivity contribution in [1.29, 1.82) is 0 Å². The molecular weight excluding hydrogens is 354 g/mol. The third kappa shape index (κ3) is 2.09. The van der Waals surface area contributed by atoms with Crippen molar-refractivity contribution in [3.8, 4) is 11.4 Å². The number of fused-ring (bicyclic) bond motifs is 5. The van der Waals surface area contributed by atoms with Gasteiger partial charge in [0.05, 0.1) is 23.4 Å². The molecule has 0 amide bonds. The Morgan fingerprint density at radius 2 is 2.07 bits per heavy atom. The molecule has 142 valence electrons. The SMILES string of the molecule is CC[C@@]1(O)C(=O)CCc2c1cc1n(c2=O)Cc2cc3c(NC)cccc3nc2-1. The topological polar surface area (TPSA) is 84.2 Å². The summed E-state index contributed by atoms with van der Waals surface area (Å²) < 4.78 is 1.72. The van der Waals surface area contributed by atoms with Crippen LogP contribution in [0.1, 0.15) is 36.5 Å². The number of hydrogen-bond donors (Lipinski definition) is 2. The van der Waals surface area contributed by atoms with E-state index in [-0.39, 0.29) is 24.2 Å². The fraction of sp³-hybridized carbons (Fsp3) is 0.318. The van der Waals surface area contributed by atoms with E-state index in [4.69, 9.17) is 4.98 Å². The van der Waals surface area contributed by atoms with Crippen molar-refractivity contribution in [1.82, 2.24) is 9.55 Å². The number of aliphatic hydroxyl groups is 1. The molecule has 0 saturated heterocycles. The van der Waals surface area contributed by atoms with Crippen molar-refractivity contribution >= 4 is 22.4 Å². The second kappa shape index (κ2) is 5.75. The number of carbonyl (C=O) groups excluding carboxylic acids is 1. The molecule has 5 rings (SSSR count). The summed E-state index contributed by atoms with van der Waals surface area (Å²) >= 11 is 0. The summed E-state index contributed by atoms with van der Waals surface area (Å²) in [6, 6.07) is 9.77. The molecule has 0 radical (unpaired) electrons. The number of benzene rings is 1. The molecule has 2 aliphatic rings. The molecule has 6 nitrogen and oxygen atoms in total. The average Bonchev–Trinajstić information content (AvgIpc) is 3.07. The first-order chi connectivity index (χ1) is 13.5. The number of aromatic nitrogens is 2. The van der Waals surface area contributed by atoms with Gasteiger partial charge in [0.1, 0.15) is 5.60 Å². The number of hydrogen-bond acceptors (Lipinski definition) is 5. The quantitative estimate of drug-likeness (QED) is 0.563. The predicted molar refractivity (Wildman–Crippen MR) is 108 cm³/mol. The van der Waals surface area contributed by atoms with E-state index in [9.17, 15) is 14.7 Å². The molecule has 0 saturated carbocycles. The standard InChI is InChI=1S/C22H21N3O3/c1-3-22(28)15-10-18-20-12(9-14-16(23-2)5-4-6-17(14)24-20)11-25(18)21(27)13(15)7-8-19(22)26/h4-6,9-10,23,28H,3,7-8,11H2,1-2H3/t22-/m0/s1. The number of rotatable bonds is 2. The lowest BCUT2D eigenvalue weighted by atomic mass is 9.77. The summed E-state index contributed by atoms with van der Waals surface area (Å²) in [6.45, 7) is 2.23. The maximum absolute atomic E-state index is 13.2. The molecule has 3 aromatic rings. The van der Waals surface area contributed by atoms with Crippen LogP contribution in [-0.2, 0) is 23.4 Å². The van der Waals surface area contributed by atoms with E-state index < -0.39 is 5.60 Å². The molecule has 0 spiro atoms. The first-order valence-corrected chi connectivity index (χ1v) is 9.61. The van der Waals surface area contributed by atoms with Gasteiger partial charge in [-0.3, -0.25) is 9.59 Å². The fourth-order valence-electron chi connectivity index (χ4n) is 4.60. The van der Waals surface area contributed by atoms with Crippen LogP contribution in [0.5, 0.6) is 0 Å². The lowest BCUT2D eigenvalue weighted by Gasteiger charge is -2.32. The molecule has 2 aromatic heterocycles. The van der Waals surface area contributed by atoms with Gasteiger partial charge in [0.2, 0.25) is 0 Å². The second-order valence-corrected chi connectivity index (χ2v) is 7.57. The van der Waals surface area contributed by atoms with E-state index in [1.54, 1.807) is 11.5 Å². The van der Waals surface area contributed by atoms with Crippen LogP contribution >= 0.6 is 0 Å². The highest BCUT2D eigenvalue weighted by molar-refractivity contribution is 5.94. The Bertz CT molecular complexity index is 1230. The zero-order chi connectivity index (χ0) is 19.6. The smallest absolute Gasteiger partial charge is 0.254 e. The third-order valence-electron chi connectivity index (χ3n) is 6.20. The van der Waals surface area contributed by atoms with Crippen LogP contribution in [0.3, 0.4) is 0 Å². The monoisotopic (exact) mass is 375 g/mol. The predicted octanol–water partition coefficient (Wildman–Crippen LogP) is 2.58. The highest BCUT2D eigenvalue weighted by Gasteiger charge is 2.43. The Kier molecular flexibility index (Phi) is 3.52. The van der Waals surface area contributed by atoms with Gasteiger partial charge in [0.15, 0.2) is 5.78 Å². The lowest BCUT2D eigenvalue weighted by molar-refractivity contribution is -0.140. The molecule has 3 heterocycles. The molecule has 0 fully saturated rings. The first-order valence-electron chi connectivity index (χ1n) is 9.61. The van der Waals surface area contributed by atoms with Crippen LogP contribution in [0.15, 0.2) is 35.1 Å². The minimum atomic E-state index is -1.58. The summed E-state index contributed by atoms with van der Waals surface area (Å²) in [4.78, 5) is 30.5. The molecule has 2 N–H and O–H groups in total. The summed E-state index contributed by atoms with van der Waals surface area (Å²) in [5.41, 5.74) is 3.54. The molecule has 1 atom stereocenters. The molecule has 1 aromatic carbocycles. The van der Waals surface area contributed by atoms with E-state index in [0.29, 0.717) is 29.8 Å². The maximum Gasteiger partial charge on any atom is 0.254 e. The molecule has 0 unspecified atom stereocenters. The van der Waals surface area contributed by atoms with E-state index in [1.165, 1.54) is 0 Å². The van der Waals surface area contributed by atoms with Crippen LogP contribution < -0.4 is 10.9 Å². The van der Waals surface area contributed by atoms with Crippen molar-refractivity contribution in [3.63, 3.8) is 0 Å². The van der Waals surface area contributed by atoms with Crippen molar-refractivity contribution < 1.29 is 9.90 Å². The van der Waals surface area contributed by atoms with E-state index in [2.05, 4.69) is 11.4 Å². The number of ketones is 1. The zero-order valence-electron chi connectivity index (χ0n) is 15.9. The zero-order valence-corrected chi connectivity index (χ0v) is 15.9. The molecule has 0 bridgehead atoms. The molecule has 28 heavy (non-hydrogen) atoms. The number of carbonyl (C=O) groups is 1. The Labute approximate surface area is 161 Å². The Balaban J connectivity index is 1.79.